The quantitative estimate of drug-likeness (QED) is 0.371. The molecule has 2 atom stereocenters. The van der Waals surface area contributed by atoms with Crippen LogP contribution in [0.2, 0.25) is 0 Å². The van der Waals surface area contributed by atoms with E-state index < -0.39 is 27.5 Å². The van der Waals surface area contributed by atoms with Gasteiger partial charge in [-0.25, -0.2) is 13.4 Å². The number of carbonyl (C=O) groups excluding carboxylic acids is 2. The molecule has 1 aliphatic heterocycles. The van der Waals surface area contributed by atoms with Crippen LogP contribution in [0.25, 0.3) is 0 Å². The Kier molecular flexibility index (Phi) is 10.2. The van der Waals surface area contributed by atoms with E-state index in [1.165, 1.54) is 31.2 Å². The van der Waals surface area contributed by atoms with Crippen LogP contribution in [-0.4, -0.2) is 50.6 Å². The van der Waals surface area contributed by atoms with Gasteiger partial charge >= 0.3 is 6.18 Å². The van der Waals surface area contributed by atoms with Gasteiger partial charge in [0, 0.05) is 43.6 Å². The van der Waals surface area contributed by atoms with Crippen molar-refractivity contribution in [2.75, 3.05) is 29.6 Å². The summed E-state index contributed by atoms with van der Waals surface area (Å²) < 4.78 is 63.9. The largest absolute Gasteiger partial charge is 0.416 e. The Labute approximate surface area is 245 Å². The van der Waals surface area contributed by atoms with Gasteiger partial charge in [0.2, 0.25) is 5.91 Å². The van der Waals surface area contributed by atoms with Gasteiger partial charge in [-0.05, 0) is 61.8 Å². The van der Waals surface area contributed by atoms with E-state index in [0.717, 1.165) is 50.1 Å². The molecule has 0 spiro atoms. The molecule has 2 aliphatic rings. The Morgan fingerprint density at radius 1 is 1.07 bits per heavy atom. The fourth-order valence-corrected chi connectivity index (χ4v) is 6.58. The molecule has 230 valence electrons. The van der Waals surface area contributed by atoms with Crippen molar-refractivity contribution in [2.24, 2.45) is 11.8 Å². The van der Waals surface area contributed by atoms with E-state index in [-0.39, 0.29) is 34.0 Å². The van der Waals surface area contributed by atoms with Crippen LogP contribution in [0.1, 0.15) is 80.6 Å². The van der Waals surface area contributed by atoms with E-state index in [9.17, 15) is 31.2 Å². The molecule has 0 radical (unpaired) electrons. The summed E-state index contributed by atoms with van der Waals surface area (Å²) >= 11 is 0. The first-order valence-corrected chi connectivity index (χ1v) is 16.5. The van der Waals surface area contributed by atoms with Gasteiger partial charge in [0.1, 0.15) is 0 Å². The minimum absolute atomic E-state index is 0.0697. The number of hydrogen-bond donors (Lipinski definition) is 2. The van der Waals surface area contributed by atoms with Gasteiger partial charge < -0.3 is 15.5 Å². The number of halogens is 3. The molecule has 42 heavy (non-hydrogen) atoms. The molecule has 8 nitrogen and oxygen atoms in total. The average Bonchev–Trinajstić information content (AvgIpc) is 2.93. The third-order valence-electron chi connectivity index (χ3n) is 8.20. The highest BCUT2D eigenvalue weighted by Gasteiger charge is 2.31. The highest BCUT2D eigenvalue weighted by atomic mass is 32.2. The molecule has 2 heterocycles. The van der Waals surface area contributed by atoms with Crippen LogP contribution in [-0.2, 0) is 20.8 Å². The van der Waals surface area contributed by atoms with E-state index in [0.29, 0.717) is 44.1 Å². The van der Waals surface area contributed by atoms with Crippen molar-refractivity contribution in [1.82, 2.24) is 10.3 Å². The zero-order valence-corrected chi connectivity index (χ0v) is 24.9. The number of nitrogens with zero attached hydrogens (tertiary/aromatic N) is 2. The predicted octanol–water partition coefficient (Wildman–Crippen LogP) is 5.84. The molecular weight excluding hydrogens is 569 g/mol. The van der Waals surface area contributed by atoms with Gasteiger partial charge in [-0.15, -0.1) is 0 Å². The van der Waals surface area contributed by atoms with Crippen LogP contribution in [0.15, 0.2) is 41.4 Å². The smallest absolute Gasteiger partial charge is 0.355 e. The molecule has 1 aliphatic carbocycles. The second-order valence-corrected chi connectivity index (χ2v) is 13.6. The van der Waals surface area contributed by atoms with Gasteiger partial charge in [0.15, 0.2) is 15.7 Å². The van der Waals surface area contributed by atoms with Crippen molar-refractivity contribution in [2.45, 2.75) is 81.8 Å². The summed E-state index contributed by atoms with van der Waals surface area (Å²) in [5.74, 6) is 0.442. The van der Waals surface area contributed by atoms with Crippen LogP contribution in [0, 0.1) is 11.8 Å². The molecule has 2 amide bonds. The van der Waals surface area contributed by atoms with Crippen molar-refractivity contribution in [3.8, 4) is 0 Å². The summed E-state index contributed by atoms with van der Waals surface area (Å²) in [7, 11) is -3.67. The van der Waals surface area contributed by atoms with Crippen molar-refractivity contribution >= 4 is 33.2 Å². The molecule has 12 heteroatoms. The fraction of sp³-hybridized carbons (Fsp3) is 0.567. The maximum Gasteiger partial charge on any atom is 0.416 e. The number of hydrogen-bond acceptors (Lipinski definition) is 6. The number of carbonyl (C=O) groups is 2. The van der Waals surface area contributed by atoms with Gasteiger partial charge in [-0.2, -0.15) is 13.2 Å². The molecule has 2 aromatic rings. The zero-order chi connectivity index (χ0) is 30.5. The Balaban J connectivity index is 1.42. The molecule has 2 fully saturated rings. The third kappa shape index (κ3) is 8.45. The fourth-order valence-electron chi connectivity index (χ4n) is 6.01. The lowest BCUT2D eigenvalue weighted by Crippen LogP contribution is -2.41. The summed E-state index contributed by atoms with van der Waals surface area (Å²) in [5, 5.41) is 5.82. The number of nitrogens with one attached hydrogen (secondary N) is 2. The van der Waals surface area contributed by atoms with Gasteiger partial charge in [-0.1, -0.05) is 38.7 Å². The Morgan fingerprint density at radius 2 is 1.81 bits per heavy atom. The summed E-state index contributed by atoms with van der Waals surface area (Å²) in [6, 6.07) is 5.53. The van der Waals surface area contributed by atoms with Crippen molar-refractivity contribution < 1.29 is 31.2 Å². The lowest BCUT2D eigenvalue weighted by molar-refractivity contribution is -0.137. The van der Waals surface area contributed by atoms with Crippen molar-refractivity contribution in [3.63, 3.8) is 0 Å². The number of pyridine rings is 1. The van der Waals surface area contributed by atoms with Gasteiger partial charge in [-0.3, -0.25) is 9.59 Å². The average molecular weight is 609 g/mol. The first-order valence-electron chi connectivity index (χ1n) is 14.6. The third-order valence-corrected chi connectivity index (χ3v) is 9.28. The molecule has 2 N–H and O–H groups in total. The molecule has 1 unspecified atom stereocenters. The molecule has 0 bridgehead atoms. The molecular formula is C30H39F3N4O4S. The molecule has 1 saturated heterocycles. The normalized spacial score (nSPS) is 20.3. The Bertz CT molecular complexity index is 1370. The molecule has 1 aromatic heterocycles. The van der Waals surface area contributed by atoms with Gasteiger partial charge in [0.05, 0.1) is 16.1 Å². The highest BCUT2D eigenvalue weighted by molar-refractivity contribution is 7.90. The van der Waals surface area contributed by atoms with Crippen LogP contribution >= 0.6 is 0 Å². The van der Waals surface area contributed by atoms with E-state index in [1.807, 2.05) is 4.90 Å². The molecule has 4 rings (SSSR count). The number of benzene rings is 1. The highest BCUT2D eigenvalue weighted by Crippen LogP contribution is 2.33. The molecule has 1 aromatic carbocycles. The summed E-state index contributed by atoms with van der Waals surface area (Å²) in [6.07, 6.45) is 6.24. The second-order valence-electron chi connectivity index (χ2n) is 11.6. The Morgan fingerprint density at radius 3 is 2.48 bits per heavy atom. The predicted molar refractivity (Wildman–Crippen MR) is 155 cm³/mol. The minimum atomic E-state index is -4.62. The lowest BCUT2D eigenvalue weighted by atomic mass is 9.83. The number of alkyl halides is 3. The summed E-state index contributed by atoms with van der Waals surface area (Å²) in [5.41, 5.74) is -1.09. The topological polar surface area (TPSA) is 108 Å². The van der Waals surface area contributed by atoms with E-state index in [2.05, 4.69) is 22.5 Å². The maximum absolute atomic E-state index is 13.2. The van der Waals surface area contributed by atoms with E-state index in [1.54, 1.807) is 0 Å². The van der Waals surface area contributed by atoms with Crippen LogP contribution in [0.5, 0.6) is 0 Å². The van der Waals surface area contributed by atoms with Crippen LogP contribution in [0.4, 0.5) is 24.7 Å². The summed E-state index contributed by atoms with van der Waals surface area (Å²) in [4.78, 5) is 31.9. The number of sulfone groups is 1. The number of piperidine rings is 1. The van der Waals surface area contributed by atoms with Crippen LogP contribution < -0.4 is 15.5 Å². The van der Waals surface area contributed by atoms with E-state index >= 15 is 0 Å². The van der Waals surface area contributed by atoms with Gasteiger partial charge in [0.25, 0.3) is 5.91 Å². The van der Waals surface area contributed by atoms with Crippen molar-refractivity contribution in [1.29, 1.82) is 0 Å². The summed E-state index contributed by atoms with van der Waals surface area (Å²) in [6.45, 7) is 3.24. The van der Waals surface area contributed by atoms with Crippen molar-refractivity contribution in [3.05, 3.63) is 47.7 Å². The number of anilines is 2. The number of aromatic nitrogens is 1. The first kappa shape index (κ1) is 31.8. The first-order chi connectivity index (χ1) is 19.8. The van der Waals surface area contributed by atoms with E-state index in [4.69, 9.17) is 0 Å². The Hall–Kier alpha value is -3.15. The SMILES string of the molecule is CCCC1CCC[C@H](NC(=O)CC2CCN(c3ncc(S(C)(=O)=O)cc3NC(=O)c3cccc(C(F)(F)F)c3)CC2)C1. The number of rotatable bonds is 9. The zero-order valence-electron chi connectivity index (χ0n) is 24.0. The molecule has 1 saturated carbocycles. The minimum Gasteiger partial charge on any atom is -0.355 e. The standard InChI is InChI=1S/C30H39F3N4O4S/c1-3-6-20-7-4-10-24(15-20)35-27(38)16-21-11-13-37(14-12-21)28-26(18-25(19-34-28)42(2,40)41)36-29(39)22-8-5-9-23(17-22)30(31,32)33/h5,8-9,17-21,24H,3-4,6-7,10-16H2,1-2H3,(H,35,38)(H,36,39)/t20?,24-/m0/s1. The van der Waals surface area contributed by atoms with Crippen LogP contribution in [0.3, 0.4) is 0 Å². The maximum atomic E-state index is 13.2. The number of amides is 2. The lowest BCUT2D eigenvalue weighted by Gasteiger charge is -2.34. The second kappa shape index (κ2) is 13.4. The monoisotopic (exact) mass is 608 g/mol.